The van der Waals surface area contributed by atoms with Crippen molar-refractivity contribution in [1.82, 2.24) is 4.98 Å². The molecule has 1 saturated heterocycles. The molecule has 17 heavy (non-hydrogen) atoms. The first-order valence-electron chi connectivity index (χ1n) is 6.44. The summed E-state index contributed by atoms with van der Waals surface area (Å²) in [4.78, 5) is 7.11. The summed E-state index contributed by atoms with van der Waals surface area (Å²) in [7, 11) is 0. The summed E-state index contributed by atoms with van der Waals surface area (Å²) in [6.07, 6.45) is 1.10. The van der Waals surface area contributed by atoms with E-state index in [9.17, 15) is 0 Å². The van der Waals surface area contributed by atoms with E-state index in [1.807, 2.05) is 0 Å². The van der Waals surface area contributed by atoms with Gasteiger partial charge in [-0.3, -0.25) is 0 Å². The minimum absolute atomic E-state index is 0.155. The maximum atomic E-state index is 5.37. The zero-order chi connectivity index (χ0) is 12.3. The van der Waals surface area contributed by atoms with Gasteiger partial charge in [-0.15, -0.1) is 0 Å². The van der Waals surface area contributed by atoms with E-state index in [1.54, 1.807) is 0 Å². The Hall–Kier alpha value is -1.09. The monoisotopic (exact) mass is 234 g/mol. The molecule has 0 saturated carbocycles. The second-order valence-corrected chi connectivity index (χ2v) is 5.22. The summed E-state index contributed by atoms with van der Waals surface area (Å²) in [6.45, 7) is 10.2. The largest absolute Gasteiger partial charge is 0.378 e. The van der Waals surface area contributed by atoms with Crippen LogP contribution in [0.25, 0.3) is 0 Å². The predicted octanol–water partition coefficient (Wildman–Crippen LogP) is 2.61. The molecule has 1 aromatic rings. The van der Waals surface area contributed by atoms with Crippen molar-refractivity contribution < 1.29 is 4.74 Å². The fourth-order valence-corrected chi connectivity index (χ4v) is 1.95. The first kappa shape index (κ1) is 12.4. The van der Waals surface area contributed by atoms with Crippen LogP contribution in [0, 0.1) is 0 Å². The number of morpholine rings is 1. The number of nitrogens with zero attached hydrogens (tertiary/aromatic N) is 2. The van der Waals surface area contributed by atoms with Crippen molar-refractivity contribution in [3.8, 4) is 0 Å². The molecule has 0 spiro atoms. The maximum absolute atomic E-state index is 5.37. The highest BCUT2D eigenvalue weighted by molar-refractivity contribution is 5.40. The second kappa shape index (κ2) is 5.05. The first-order chi connectivity index (χ1) is 8.13. The van der Waals surface area contributed by atoms with Gasteiger partial charge in [0.2, 0.25) is 0 Å². The molecular formula is C14H22N2O. The van der Waals surface area contributed by atoms with Crippen LogP contribution < -0.4 is 4.90 Å². The smallest absolute Gasteiger partial charge is 0.128 e. The molecule has 0 amide bonds. The lowest BCUT2D eigenvalue weighted by Crippen LogP contribution is -2.37. The summed E-state index contributed by atoms with van der Waals surface area (Å²) < 4.78 is 5.37. The average Bonchev–Trinajstić information content (AvgIpc) is 2.40. The molecule has 1 aromatic heterocycles. The third kappa shape index (κ3) is 2.78. The number of hydrogen-bond donors (Lipinski definition) is 0. The highest BCUT2D eigenvalue weighted by Gasteiger charge is 2.21. The van der Waals surface area contributed by atoms with E-state index in [-0.39, 0.29) is 5.41 Å². The molecule has 0 atom stereocenters. The lowest BCUT2D eigenvalue weighted by Gasteiger charge is -2.29. The molecule has 0 bridgehead atoms. The lowest BCUT2D eigenvalue weighted by molar-refractivity contribution is 0.122. The second-order valence-electron chi connectivity index (χ2n) is 5.22. The van der Waals surface area contributed by atoms with E-state index < -0.39 is 0 Å². The van der Waals surface area contributed by atoms with Crippen molar-refractivity contribution in [3.05, 3.63) is 23.9 Å². The van der Waals surface area contributed by atoms with Gasteiger partial charge in [0.05, 0.1) is 13.2 Å². The van der Waals surface area contributed by atoms with Crippen LogP contribution in [-0.2, 0) is 10.2 Å². The Balaban J connectivity index is 2.21. The van der Waals surface area contributed by atoms with Crippen molar-refractivity contribution in [2.45, 2.75) is 32.6 Å². The van der Waals surface area contributed by atoms with E-state index in [2.05, 4.69) is 43.9 Å². The minimum atomic E-state index is 0.155. The molecule has 94 valence electrons. The van der Waals surface area contributed by atoms with Gasteiger partial charge in [0.1, 0.15) is 5.82 Å². The molecule has 0 N–H and O–H groups in total. The molecule has 0 unspecified atom stereocenters. The highest BCUT2D eigenvalue weighted by atomic mass is 16.5. The molecule has 1 fully saturated rings. The van der Waals surface area contributed by atoms with Gasteiger partial charge in [0.15, 0.2) is 0 Å². The Morgan fingerprint density at radius 1 is 1.29 bits per heavy atom. The van der Waals surface area contributed by atoms with Crippen LogP contribution in [0.15, 0.2) is 18.2 Å². The van der Waals surface area contributed by atoms with Crippen LogP contribution in [0.2, 0.25) is 0 Å². The van der Waals surface area contributed by atoms with Crippen LogP contribution in [0.5, 0.6) is 0 Å². The van der Waals surface area contributed by atoms with Crippen molar-refractivity contribution in [2.75, 3.05) is 31.2 Å². The third-order valence-electron chi connectivity index (χ3n) is 3.65. The lowest BCUT2D eigenvalue weighted by atomic mass is 9.86. The van der Waals surface area contributed by atoms with Crippen LogP contribution >= 0.6 is 0 Å². The molecule has 0 aliphatic carbocycles. The summed E-state index contributed by atoms with van der Waals surface area (Å²) in [5, 5.41) is 0. The van der Waals surface area contributed by atoms with Gasteiger partial charge in [0.25, 0.3) is 0 Å². The van der Waals surface area contributed by atoms with E-state index in [4.69, 9.17) is 9.72 Å². The van der Waals surface area contributed by atoms with Crippen molar-refractivity contribution >= 4 is 5.82 Å². The van der Waals surface area contributed by atoms with Gasteiger partial charge < -0.3 is 9.64 Å². The number of anilines is 1. The molecule has 3 nitrogen and oxygen atoms in total. The highest BCUT2D eigenvalue weighted by Crippen LogP contribution is 2.26. The van der Waals surface area contributed by atoms with E-state index in [0.29, 0.717) is 0 Å². The van der Waals surface area contributed by atoms with E-state index in [0.717, 1.165) is 38.5 Å². The van der Waals surface area contributed by atoms with Gasteiger partial charge in [-0.2, -0.15) is 0 Å². The molecule has 0 aromatic carbocycles. The standard InChI is InChI=1S/C14H22N2O/c1-4-14(2,3)12-6-5-7-13(15-12)16-8-10-17-11-9-16/h5-7H,4,8-11H2,1-3H3. The van der Waals surface area contributed by atoms with Gasteiger partial charge in [0, 0.05) is 24.2 Å². The molecule has 0 radical (unpaired) electrons. The number of pyridine rings is 1. The van der Waals surface area contributed by atoms with E-state index in [1.165, 1.54) is 5.69 Å². The zero-order valence-corrected chi connectivity index (χ0v) is 11.1. The first-order valence-corrected chi connectivity index (χ1v) is 6.44. The fraction of sp³-hybridized carbons (Fsp3) is 0.643. The van der Waals surface area contributed by atoms with Crippen molar-refractivity contribution in [1.29, 1.82) is 0 Å². The maximum Gasteiger partial charge on any atom is 0.128 e. The van der Waals surface area contributed by atoms with Crippen LogP contribution in [-0.4, -0.2) is 31.3 Å². The molecular weight excluding hydrogens is 212 g/mol. The fourth-order valence-electron chi connectivity index (χ4n) is 1.95. The van der Waals surface area contributed by atoms with Crippen LogP contribution in [0.3, 0.4) is 0 Å². The van der Waals surface area contributed by atoms with Crippen molar-refractivity contribution in [2.24, 2.45) is 0 Å². The summed E-state index contributed by atoms with van der Waals surface area (Å²) in [5.41, 5.74) is 1.34. The van der Waals surface area contributed by atoms with Gasteiger partial charge in [-0.05, 0) is 18.6 Å². The van der Waals surface area contributed by atoms with Gasteiger partial charge in [-0.25, -0.2) is 4.98 Å². The Morgan fingerprint density at radius 2 is 2.00 bits per heavy atom. The third-order valence-corrected chi connectivity index (χ3v) is 3.65. The molecule has 2 heterocycles. The molecule has 1 aliphatic heterocycles. The average molecular weight is 234 g/mol. The number of rotatable bonds is 3. The normalized spacial score (nSPS) is 17.2. The minimum Gasteiger partial charge on any atom is -0.378 e. The number of ether oxygens (including phenoxy) is 1. The van der Waals surface area contributed by atoms with Crippen molar-refractivity contribution in [3.63, 3.8) is 0 Å². The quantitative estimate of drug-likeness (QED) is 0.804. The molecule has 1 aliphatic rings. The SMILES string of the molecule is CCC(C)(C)c1cccc(N2CCOCC2)n1. The van der Waals surface area contributed by atoms with Gasteiger partial charge in [-0.1, -0.05) is 26.8 Å². The summed E-state index contributed by atoms with van der Waals surface area (Å²) >= 11 is 0. The Morgan fingerprint density at radius 3 is 2.65 bits per heavy atom. The number of hydrogen-bond acceptors (Lipinski definition) is 3. The molecule has 3 heteroatoms. The summed E-state index contributed by atoms with van der Waals surface area (Å²) in [5.74, 6) is 1.09. The predicted molar refractivity (Wildman–Crippen MR) is 70.6 cm³/mol. The topological polar surface area (TPSA) is 25.4 Å². The zero-order valence-electron chi connectivity index (χ0n) is 11.1. The van der Waals surface area contributed by atoms with Crippen LogP contribution in [0.4, 0.5) is 5.82 Å². The molecule has 2 rings (SSSR count). The van der Waals surface area contributed by atoms with Gasteiger partial charge >= 0.3 is 0 Å². The Kier molecular flexibility index (Phi) is 3.67. The Bertz CT molecular complexity index is 370. The number of aromatic nitrogens is 1. The Labute approximate surface area is 104 Å². The van der Waals surface area contributed by atoms with E-state index >= 15 is 0 Å². The summed E-state index contributed by atoms with van der Waals surface area (Å²) in [6, 6.07) is 6.35. The van der Waals surface area contributed by atoms with Crippen LogP contribution in [0.1, 0.15) is 32.9 Å².